The predicted molar refractivity (Wildman–Crippen MR) is 242 cm³/mol. The Hall–Kier alpha value is -6.64. The van der Waals surface area contributed by atoms with Crippen molar-refractivity contribution in [3.63, 3.8) is 0 Å². The minimum Gasteiger partial charge on any atom is -0.280 e. The molecule has 0 aliphatic heterocycles. The van der Waals surface area contributed by atoms with Crippen LogP contribution in [0.1, 0.15) is 66.6 Å². The summed E-state index contributed by atoms with van der Waals surface area (Å²) in [6.45, 7) is 21.7. The van der Waals surface area contributed by atoms with Crippen LogP contribution in [0.4, 0.5) is 0 Å². The Kier molecular flexibility index (Phi) is 11.0. The highest BCUT2D eigenvalue weighted by Gasteiger charge is 2.53. The molecule has 0 saturated heterocycles. The van der Waals surface area contributed by atoms with E-state index >= 15 is 0 Å². The third kappa shape index (κ3) is 6.58. The maximum absolute atomic E-state index is 5.11. The molecule has 7 rings (SSSR count). The van der Waals surface area contributed by atoms with E-state index in [1.165, 1.54) is 50.1 Å². The molecule has 56 heavy (non-hydrogen) atoms. The Morgan fingerprint density at radius 2 is 1.39 bits per heavy atom. The normalized spacial score (nSPS) is 17.1. The van der Waals surface area contributed by atoms with E-state index in [0.717, 1.165) is 44.8 Å². The first-order valence-corrected chi connectivity index (χ1v) is 19.2. The predicted octanol–water partition coefficient (Wildman–Crippen LogP) is 13.8. The summed E-state index contributed by atoms with van der Waals surface area (Å²) in [5.74, 6) is 0. The number of rotatable bonds is 12. The second-order valence-electron chi connectivity index (χ2n) is 14.3. The summed E-state index contributed by atoms with van der Waals surface area (Å²) in [6.07, 6.45) is 14.7. The van der Waals surface area contributed by atoms with E-state index in [1.807, 2.05) is 48.6 Å². The molecule has 2 nitrogen and oxygen atoms in total. The molecular weight excluding hydrogens is 677 g/mol. The van der Waals surface area contributed by atoms with Crippen molar-refractivity contribution in [3.05, 3.63) is 244 Å². The molecule has 0 N–H and O–H groups in total. The summed E-state index contributed by atoms with van der Waals surface area (Å²) in [4.78, 5) is 9.75. The molecule has 2 heteroatoms. The van der Waals surface area contributed by atoms with Crippen molar-refractivity contribution < 1.29 is 0 Å². The molecule has 0 saturated carbocycles. The van der Waals surface area contributed by atoms with Crippen molar-refractivity contribution in [2.75, 3.05) is 0 Å². The summed E-state index contributed by atoms with van der Waals surface area (Å²) < 4.78 is 0. The molecule has 0 fully saturated rings. The van der Waals surface area contributed by atoms with Crippen LogP contribution in [0, 0.1) is 0 Å². The molecule has 1 spiro atoms. The molecule has 0 amide bonds. The van der Waals surface area contributed by atoms with Gasteiger partial charge in [0.1, 0.15) is 0 Å². The smallest absolute Gasteiger partial charge is 0.0724 e. The highest BCUT2D eigenvalue weighted by molar-refractivity contribution is 6.13. The summed E-state index contributed by atoms with van der Waals surface area (Å²) in [6, 6.07) is 45.0. The quantitative estimate of drug-likeness (QED) is 0.0904. The minimum atomic E-state index is -0.524. The summed E-state index contributed by atoms with van der Waals surface area (Å²) in [5.41, 5.74) is 18.9. The first kappa shape index (κ1) is 37.7. The van der Waals surface area contributed by atoms with Crippen LogP contribution in [0.25, 0.3) is 28.0 Å². The van der Waals surface area contributed by atoms with Gasteiger partial charge in [-0.2, -0.15) is 0 Å². The van der Waals surface area contributed by atoms with Gasteiger partial charge in [0.05, 0.1) is 23.4 Å². The third-order valence-electron chi connectivity index (χ3n) is 11.2. The van der Waals surface area contributed by atoms with E-state index in [2.05, 4.69) is 174 Å². The second-order valence-corrected chi connectivity index (χ2v) is 14.3. The number of fused-ring (bicyclic) bond motifs is 4. The first-order valence-electron chi connectivity index (χ1n) is 19.2. The molecule has 1 atom stereocenters. The Balaban J connectivity index is 1.45. The maximum Gasteiger partial charge on any atom is 0.0724 e. The summed E-state index contributed by atoms with van der Waals surface area (Å²) >= 11 is 0. The van der Waals surface area contributed by atoms with Crippen molar-refractivity contribution in [2.24, 2.45) is 9.98 Å². The van der Waals surface area contributed by atoms with Gasteiger partial charge >= 0.3 is 0 Å². The zero-order chi connectivity index (χ0) is 39.2. The van der Waals surface area contributed by atoms with Crippen LogP contribution < -0.4 is 0 Å². The van der Waals surface area contributed by atoms with Crippen LogP contribution in [0.5, 0.6) is 0 Å². The minimum absolute atomic E-state index is 0.524. The number of hydrogen-bond acceptors (Lipinski definition) is 2. The van der Waals surface area contributed by atoms with Gasteiger partial charge in [0, 0.05) is 5.56 Å². The Morgan fingerprint density at radius 1 is 0.732 bits per heavy atom. The van der Waals surface area contributed by atoms with Crippen LogP contribution in [-0.4, -0.2) is 12.4 Å². The molecular formula is C54H48N2. The highest BCUT2D eigenvalue weighted by Crippen LogP contribution is 2.63. The second kappa shape index (κ2) is 16.4. The van der Waals surface area contributed by atoms with Crippen LogP contribution >= 0.6 is 0 Å². The van der Waals surface area contributed by atoms with Gasteiger partial charge in [-0.25, -0.2) is 0 Å². The van der Waals surface area contributed by atoms with Gasteiger partial charge in [-0.05, 0) is 125 Å². The van der Waals surface area contributed by atoms with Gasteiger partial charge < -0.3 is 0 Å². The molecule has 0 bridgehead atoms. The van der Waals surface area contributed by atoms with Crippen LogP contribution in [0.2, 0.25) is 0 Å². The van der Waals surface area contributed by atoms with E-state index in [0.29, 0.717) is 6.54 Å². The third-order valence-corrected chi connectivity index (χ3v) is 11.2. The van der Waals surface area contributed by atoms with Crippen molar-refractivity contribution in [3.8, 4) is 11.1 Å². The van der Waals surface area contributed by atoms with Gasteiger partial charge in [0.15, 0.2) is 0 Å². The van der Waals surface area contributed by atoms with Gasteiger partial charge in [-0.1, -0.05) is 171 Å². The zero-order valence-corrected chi connectivity index (χ0v) is 32.9. The van der Waals surface area contributed by atoms with Crippen LogP contribution in [0.3, 0.4) is 0 Å². The molecule has 274 valence electrons. The lowest BCUT2D eigenvalue weighted by molar-refractivity contribution is 0.769. The lowest BCUT2D eigenvalue weighted by Crippen LogP contribution is -2.29. The maximum atomic E-state index is 5.11. The zero-order valence-electron chi connectivity index (χ0n) is 32.9. The van der Waals surface area contributed by atoms with Crippen molar-refractivity contribution in [1.82, 2.24) is 0 Å². The SMILES string of the molecule is C=C/C=C\C1=C(C)c2ccccc2C12C(C(/C=C\C)=C(\C)C=C)=C(C)c1cc(-c3ccccc3/C(=C/C(=NCc3ccccc3)c3ccccc3)N=C)ccc12. The topological polar surface area (TPSA) is 24.7 Å². The lowest BCUT2D eigenvalue weighted by Gasteiger charge is -2.35. The van der Waals surface area contributed by atoms with Crippen LogP contribution in [-0.2, 0) is 12.0 Å². The van der Waals surface area contributed by atoms with Gasteiger partial charge in [-0.3, -0.25) is 9.98 Å². The average Bonchev–Trinajstić information content (AvgIpc) is 3.65. The van der Waals surface area contributed by atoms with E-state index < -0.39 is 5.41 Å². The Morgan fingerprint density at radius 3 is 2.09 bits per heavy atom. The number of benzene rings is 5. The van der Waals surface area contributed by atoms with Gasteiger partial charge in [0.2, 0.25) is 0 Å². The van der Waals surface area contributed by atoms with Crippen molar-refractivity contribution in [2.45, 2.75) is 39.7 Å². The molecule has 5 aromatic carbocycles. The molecule has 0 radical (unpaired) electrons. The number of nitrogens with zero attached hydrogens (tertiary/aromatic N) is 2. The lowest BCUT2D eigenvalue weighted by atomic mass is 9.66. The average molecular weight is 725 g/mol. The van der Waals surface area contributed by atoms with Crippen molar-refractivity contribution >= 4 is 29.3 Å². The van der Waals surface area contributed by atoms with Crippen LogP contribution in [0.15, 0.2) is 215 Å². The highest BCUT2D eigenvalue weighted by atomic mass is 14.8. The fourth-order valence-electron chi connectivity index (χ4n) is 8.56. The monoisotopic (exact) mass is 724 g/mol. The fraction of sp³-hybridized carbons (Fsp3) is 0.111. The van der Waals surface area contributed by atoms with E-state index in [4.69, 9.17) is 4.99 Å². The molecule has 0 heterocycles. The largest absolute Gasteiger partial charge is 0.280 e. The Labute approximate surface area is 333 Å². The standard InChI is InChI=1S/C54H48N2/c1-8-11-30-48-38(5)44-27-20-21-31-49(44)54(48)50-33-32-42(34-47(50)39(6)53(54)43(22-9-2)37(4)10-3)45-28-18-19-29-46(45)52(55-7)35-51(41-25-16-13-17-26-41)56-36-40-23-14-12-15-24-40/h8-35H,1,3,7,36H2,2,4-6H3/b22-9-,30-11-,43-37+,52-35-,56-51?. The molecule has 2 aliphatic rings. The van der Waals surface area contributed by atoms with Crippen molar-refractivity contribution in [1.29, 1.82) is 0 Å². The van der Waals surface area contributed by atoms with Gasteiger partial charge in [-0.15, -0.1) is 0 Å². The van der Waals surface area contributed by atoms with Gasteiger partial charge in [0.25, 0.3) is 0 Å². The summed E-state index contributed by atoms with van der Waals surface area (Å²) in [5, 5.41) is 0. The molecule has 2 aliphatic carbocycles. The number of hydrogen-bond donors (Lipinski definition) is 0. The fourth-order valence-corrected chi connectivity index (χ4v) is 8.56. The first-order chi connectivity index (χ1) is 27.4. The summed E-state index contributed by atoms with van der Waals surface area (Å²) in [7, 11) is 0. The van der Waals surface area contributed by atoms with E-state index in [1.54, 1.807) is 0 Å². The Bertz CT molecular complexity index is 2570. The number of aliphatic imine (C=N–C) groups is 2. The molecule has 1 unspecified atom stereocenters. The molecule has 5 aromatic rings. The number of allylic oxidation sites excluding steroid dienone is 13. The van der Waals surface area contributed by atoms with E-state index in [-0.39, 0.29) is 0 Å². The molecule has 0 aromatic heterocycles. The van der Waals surface area contributed by atoms with E-state index in [9.17, 15) is 0 Å².